The average Bonchev–Trinajstić information content (AvgIpc) is 2.45. The highest BCUT2D eigenvalue weighted by atomic mass is 127. The Bertz CT molecular complexity index is 627. The standard InChI is InChI=1S/C17H24N4.HI/c1-17(2,3)21-16(18-4)20-12-10-14-8-5-7-13-9-6-11-19-15(13)14;/h5-9,11H,10,12H2,1-4H3,(H2,18,20,21);1H. The van der Waals surface area contributed by atoms with Crippen molar-refractivity contribution in [3.63, 3.8) is 0 Å². The Balaban J connectivity index is 0.00000242. The zero-order chi connectivity index (χ0) is 15.3. The van der Waals surface area contributed by atoms with Gasteiger partial charge < -0.3 is 10.6 Å². The number of halogens is 1. The second kappa shape index (κ2) is 8.31. The summed E-state index contributed by atoms with van der Waals surface area (Å²) in [6.45, 7) is 7.18. The Hall–Kier alpha value is -1.37. The van der Waals surface area contributed by atoms with Crippen molar-refractivity contribution in [3.8, 4) is 0 Å². The Morgan fingerprint density at radius 2 is 1.91 bits per heavy atom. The molecule has 0 spiro atoms. The number of pyridine rings is 1. The van der Waals surface area contributed by atoms with E-state index in [-0.39, 0.29) is 29.5 Å². The first-order valence-electron chi connectivity index (χ1n) is 7.31. The molecule has 0 radical (unpaired) electrons. The number of para-hydroxylation sites is 1. The summed E-state index contributed by atoms with van der Waals surface area (Å²) in [6, 6.07) is 10.4. The Kier molecular flexibility index (Phi) is 7.06. The first kappa shape index (κ1) is 18.7. The van der Waals surface area contributed by atoms with Crippen molar-refractivity contribution in [3.05, 3.63) is 42.1 Å². The number of aromatic nitrogens is 1. The van der Waals surface area contributed by atoms with Crippen LogP contribution in [0.15, 0.2) is 41.5 Å². The largest absolute Gasteiger partial charge is 0.356 e. The molecule has 5 heteroatoms. The van der Waals surface area contributed by atoms with Gasteiger partial charge in [0.15, 0.2) is 5.96 Å². The van der Waals surface area contributed by atoms with Crippen molar-refractivity contribution in [2.45, 2.75) is 32.7 Å². The number of benzene rings is 1. The van der Waals surface area contributed by atoms with Crippen LogP contribution in [-0.2, 0) is 6.42 Å². The molecule has 120 valence electrons. The Morgan fingerprint density at radius 1 is 1.18 bits per heavy atom. The summed E-state index contributed by atoms with van der Waals surface area (Å²) in [7, 11) is 1.79. The van der Waals surface area contributed by atoms with Crippen molar-refractivity contribution >= 4 is 40.8 Å². The maximum absolute atomic E-state index is 4.48. The van der Waals surface area contributed by atoms with E-state index in [1.807, 2.05) is 12.3 Å². The average molecular weight is 412 g/mol. The molecule has 2 N–H and O–H groups in total. The Labute approximate surface area is 149 Å². The molecule has 0 aliphatic rings. The van der Waals surface area contributed by atoms with Crippen molar-refractivity contribution in [2.75, 3.05) is 13.6 Å². The highest BCUT2D eigenvalue weighted by molar-refractivity contribution is 14.0. The number of rotatable bonds is 3. The maximum Gasteiger partial charge on any atom is 0.191 e. The number of fused-ring (bicyclic) bond motifs is 1. The normalized spacial score (nSPS) is 11.9. The van der Waals surface area contributed by atoms with E-state index in [4.69, 9.17) is 0 Å². The molecule has 22 heavy (non-hydrogen) atoms. The van der Waals surface area contributed by atoms with Crippen LogP contribution >= 0.6 is 24.0 Å². The van der Waals surface area contributed by atoms with Gasteiger partial charge in [0.2, 0.25) is 0 Å². The van der Waals surface area contributed by atoms with Crippen LogP contribution in [0.1, 0.15) is 26.3 Å². The maximum atomic E-state index is 4.48. The number of hydrogen-bond donors (Lipinski definition) is 2. The van der Waals surface area contributed by atoms with Crippen LogP contribution in [-0.4, -0.2) is 30.1 Å². The molecule has 0 amide bonds. The monoisotopic (exact) mass is 412 g/mol. The molecule has 1 heterocycles. The molecule has 1 aromatic carbocycles. The van der Waals surface area contributed by atoms with Gasteiger partial charge in [0, 0.05) is 30.7 Å². The van der Waals surface area contributed by atoms with E-state index in [0.717, 1.165) is 24.4 Å². The number of hydrogen-bond acceptors (Lipinski definition) is 2. The van der Waals surface area contributed by atoms with Gasteiger partial charge in [-0.15, -0.1) is 24.0 Å². The van der Waals surface area contributed by atoms with Gasteiger partial charge >= 0.3 is 0 Å². The minimum absolute atomic E-state index is 0. The van der Waals surface area contributed by atoms with Crippen molar-refractivity contribution in [1.29, 1.82) is 0 Å². The van der Waals surface area contributed by atoms with Crippen LogP contribution in [0.2, 0.25) is 0 Å². The molecule has 0 bridgehead atoms. The van der Waals surface area contributed by atoms with Gasteiger partial charge in [-0.1, -0.05) is 24.3 Å². The third-order valence-electron chi connectivity index (χ3n) is 3.12. The fraction of sp³-hybridized carbons (Fsp3) is 0.412. The van der Waals surface area contributed by atoms with Gasteiger partial charge in [0.05, 0.1) is 5.52 Å². The first-order valence-corrected chi connectivity index (χ1v) is 7.31. The molecule has 0 saturated heterocycles. The van der Waals surface area contributed by atoms with Crippen LogP contribution in [0.25, 0.3) is 10.9 Å². The number of nitrogens with one attached hydrogen (secondary N) is 2. The third kappa shape index (κ3) is 5.44. The third-order valence-corrected chi connectivity index (χ3v) is 3.12. The summed E-state index contributed by atoms with van der Waals surface area (Å²) in [5, 5.41) is 7.89. The van der Waals surface area contributed by atoms with Crippen molar-refractivity contribution < 1.29 is 0 Å². The lowest BCUT2D eigenvalue weighted by atomic mass is 10.1. The van der Waals surface area contributed by atoms with E-state index >= 15 is 0 Å². The molecular formula is C17H25IN4. The van der Waals surface area contributed by atoms with E-state index in [0.29, 0.717) is 0 Å². The molecule has 0 atom stereocenters. The molecule has 0 aliphatic carbocycles. The van der Waals surface area contributed by atoms with E-state index < -0.39 is 0 Å². The van der Waals surface area contributed by atoms with Crippen LogP contribution in [0.4, 0.5) is 0 Å². The van der Waals surface area contributed by atoms with E-state index in [2.05, 4.69) is 65.6 Å². The summed E-state index contributed by atoms with van der Waals surface area (Å²) >= 11 is 0. The van der Waals surface area contributed by atoms with E-state index in [1.54, 1.807) is 7.05 Å². The van der Waals surface area contributed by atoms with Gasteiger partial charge in [-0.05, 0) is 38.8 Å². The molecule has 2 rings (SSSR count). The summed E-state index contributed by atoms with van der Waals surface area (Å²) in [6.07, 6.45) is 2.76. The van der Waals surface area contributed by atoms with Crippen LogP contribution in [0.5, 0.6) is 0 Å². The number of aliphatic imine (C=N–C) groups is 1. The van der Waals surface area contributed by atoms with Crippen molar-refractivity contribution in [1.82, 2.24) is 15.6 Å². The van der Waals surface area contributed by atoms with Crippen LogP contribution < -0.4 is 10.6 Å². The lowest BCUT2D eigenvalue weighted by molar-refractivity contribution is 0.501. The molecule has 0 unspecified atom stereocenters. The highest BCUT2D eigenvalue weighted by Crippen LogP contribution is 2.15. The van der Waals surface area contributed by atoms with Crippen molar-refractivity contribution in [2.24, 2.45) is 4.99 Å². The molecular weight excluding hydrogens is 387 g/mol. The second-order valence-corrected chi connectivity index (χ2v) is 6.12. The molecule has 1 aromatic heterocycles. The fourth-order valence-corrected chi connectivity index (χ4v) is 2.22. The molecule has 4 nitrogen and oxygen atoms in total. The SMILES string of the molecule is CN=C(NCCc1cccc2cccnc12)NC(C)(C)C.I. The second-order valence-electron chi connectivity index (χ2n) is 6.12. The minimum atomic E-state index is 0. The summed E-state index contributed by atoms with van der Waals surface area (Å²) in [4.78, 5) is 8.73. The molecule has 2 aromatic rings. The van der Waals surface area contributed by atoms with Crippen LogP contribution in [0.3, 0.4) is 0 Å². The lowest BCUT2D eigenvalue weighted by Gasteiger charge is -2.23. The zero-order valence-corrected chi connectivity index (χ0v) is 16.0. The predicted octanol–water partition coefficient (Wildman–Crippen LogP) is 3.36. The van der Waals surface area contributed by atoms with Crippen LogP contribution in [0, 0.1) is 0 Å². The fourth-order valence-electron chi connectivity index (χ4n) is 2.22. The predicted molar refractivity (Wildman–Crippen MR) is 105 cm³/mol. The smallest absolute Gasteiger partial charge is 0.191 e. The number of nitrogens with zero attached hydrogens (tertiary/aromatic N) is 2. The molecule has 0 saturated carbocycles. The minimum Gasteiger partial charge on any atom is -0.356 e. The summed E-state index contributed by atoms with van der Waals surface area (Å²) in [5.41, 5.74) is 2.34. The van der Waals surface area contributed by atoms with E-state index in [9.17, 15) is 0 Å². The quantitative estimate of drug-likeness (QED) is 0.462. The van der Waals surface area contributed by atoms with Gasteiger partial charge in [-0.3, -0.25) is 9.98 Å². The first-order chi connectivity index (χ1) is 9.99. The highest BCUT2D eigenvalue weighted by Gasteiger charge is 2.11. The van der Waals surface area contributed by atoms with Gasteiger partial charge in [0.25, 0.3) is 0 Å². The van der Waals surface area contributed by atoms with Gasteiger partial charge in [0.1, 0.15) is 0 Å². The zero-order valence-electron chi connectivity index (χ0n) is 13.7. The lowest BCUT2D eigenvalue weighted by Crippen LogP contribution is -2.48. The summed E-state index contributed by atoms with van der Waals surface area (Å²) in [5.74, 6) is 0.829. The van der Waals surface area contributed by atoms with Gasteiger partial charge in [-0.25, -0.2) is 0 Å². The van der Waals surface area contributed by atoms with E-state index in [1.165, 1.54) is 10.9 Å². The topological polar surface area (TPSA) is 49.3 Å². The molecule has 0 fully saturated rings. The summed E-state index contributed by atoms with van der Waals surface area (Å²) < 4.78 is 0. The Morgan fingerprint density at radius 3 is 2.59 bits per heavy atom. The molecule has 0 aliphatic heterocycles. The van der Waals surface area contributed by atoms with Gasteiger partial charge in [-0.2, -0.15) is 0 Å². The number of guanidine groups is 1.